The van der Waals surface area contributed by atoms with E-state index in [0.29, 0.717) is 31.5 Å². The van der Waals surface area contributed by atoms with Crippen molar-refractivity contribution in [2.24, 2.45) is 5.84 Å². The summed E-state index contributed by atoms with van der Waals surface area (Å²) in [5.74, 6) is 5.28. The number of aliphatic hydroxyl groups is 1. The van der Waals surface area contributed by atoms with Gasteiger partial charge in [0.15, 0.2) is 0 Å². The molecule has 18 heavy (non-hydrogen) atoms. The summed E-state index contributed by atoms with van der Waals surface area (Å²) < 4.78 is 0. The number of amides is 1. The van der Waals surface area contributed by atoms with Crippen LogP contribution < -0.4 is 11.3 Å². The lowest BCUT2D eigenvalue weighted by Crippen LogP contribution is -2.45. The fraction of sp³-hybridized carbons (Fsp3) is 0.462. The Morgan fingerprint density at radius 1 is 1.33 bits per heavy atom. The van der Waals surface area contributed by atoms with Gasteiger partial charge in [-0.1, -0.05) is 0 Å². The highest BCUT2D eigenvalue weighted by Crippen LogP contribution is 2.22. The number of nitrogens with zero attached hydrogens (tertiary/aromatic N) is 1. The number of likely N-dealkylation sites (tertiary alicyclic amines) is 1. The van der Waals surface area contributed by atoms with Crippen LogP contribution in [0.1, 0.15) is 30.1 Å². The number of nitrogens with one attached hydrogen (secondary N) is 1. The van der Waals surface area contributed by atoms with Gasteiger partial charge in [0.05, 0.1) is 5.60 Å². The zero-order valence-electron chi connectivity index (χ0n) is 10.5. The van der Waals surface area contributed by atoms with E-state index in [2.05, 4.69) is 5.43 Å². The van der Waals surface area contributed by atoms with Crippen LogP contribution in [-0.2, 0) is 0 Å². The number of hydrogen-bond donors (Lipinski definition) is 3. The molecule has 1 aromatic carbocycles. The van der Waals surface area contributed by atoms with Gasteiger partial charge in [-0.25, -0.2) is 0 Å². The van der Waals surface area contributed by atoms with Crippen molar-refractivity contribution in [3.8, 4) is 0 Å². The maximum atomic E-state index is 12.2. The van der Waals surface area contributed by atoms with E-state index in [9.17, 15) is 9.90 Å². The van der Waals surface area contributed by atoms with Crippen molar-refractivity contribution in [2.45, 2.75) is 25.4 Å². The van der Waals surface area contributed by atoms with Crippen molar-refractivity contribution in [3.63, 3.8) is 0 Å². The smallest absolute Gasteiger partial charge is 0.253 e. The fourth-order valence-corrected chi connectivity index (χ4v) is 2.08. The highest BCUT2D eigenvalue weighted by molar-refractivity contribution is 5.94. The zero-order chi connectivity index (χ0) is 13.2. The number of piperidine rings is 1. The summed E-state index contributed by atoms with van der Waals surface area (Å²) >= 11 is 0. The van der Waals surface area contributed by atoms with E-state index >= 15 is 0 Å². The molecule has 1 amide bonds. The Kier molecular flexibility index (Phi) is 3.54. The van der Waals surface area contributed by atoms with Gasteiger partial charge in [-0.2, -0.15) is 0 Å². The van der Waals surface area contributed by atoms with Gasteiger partial charge in [0.1, 0.15) is 0 Å². The molecule has 0 aliphatic carbocycles. The normalized spacial score (nSPS) is 18.5. The van der Waals surface area contributed by atoms with E-state index < -0.39 is 5.60 Å². The Bertz CT molecular complexity index is 418. The second-order valence-corrected chi connectivity index (χ2v) is 5.01. The number of hydrazine groups is 1. The van der Waals surface area contributed by atoms with E-state index in [1.807, 2.05) is 6.92 Å². The molecule has 1 heterocycles. The number of carbonyl (C=O) groups excluding carboxylic acids is 1. The predicted octanol–water partition coefficient (Wildman–Crippen LogP) is 0.959. The first kappa shape index (κ1) is 12.9. The average molecular weight is 249 g/mol. The molecule has 1 aliphatic heterocycles. The first-order valence-electron chi connectivity index (χ1n) is 6.10. The molecule has 0 aromatic heterocycles. The largest absolute Gasteiger partial charge is 0.390 e. The molecule has 0 bridgehead atoms. The van der Waals surface area contributed by atoms with E-state index in [4.69, 9.17) is 5.84 Å². The predicted molar refractivity (Wildman–Crippen MR) is 70.0 cm³/mol. The van der Waals surface area contributed by atoms with Gasteiger partial charge in [-0.3, -0.25) is 10.6 Å². The molecule has 0 unspecified atom stereocenters. The Balaban J connectivity index is 2.03. The Morgan fingerprint density at radius 2 is 1.89 bits per heavy atom. The van der Waals surface area contributed by atoms with Crippen molar-refractivity contribution in [2.75, 3.05) is 18.5 Å². The van der Waals surface area contributed by atoms with Gasteiger partial charge >= 0.3 is 0 Å². The molecule has 1 aromatic rings. The zero-order valence-corrected chi connectivity index (χ0v) is 10.5. The quantitative estimate of drug-likeness (QED) is 0.539. The van der Waals surface area contributed by atoms with Crippen LogP contribution in [0.3, 0.4) is 0 Å². The SMILES string of the molecule is CC1(O)CCN(C(=O)c2ccc(NN)cc2)CC1. The van der Waals surface area contributed by atoms with Gasteiger partial charge in [-0.15, -0.1) is 0 Å². The summed E-state index contributed by atoms with van der Waals surface area (Å²) in [6.45, 7) is 3.02. The number of nitrogens with two attached hydrogens (primary N) is 1. The highest BCUT2D eigenvalue weighted by Gasteiger charge is 2.29. The third-order valence-electron chi connectivity index (χ3n) is 3.43. The van der Waals surface area contributed by atoms with Crippen LogP contribution in [0.5, 0.6) is 0 Å². The summed E-state index contributed by atoms with van der Waals surface area (Å²) in [7, 11) is 0. The second kappa shape index (κ2) is 4.96. The lowest BCUT2D eigenvalue weighted by molar-refractivity contribution is -0.00202. The molecule has 0 spiro atoms. The van der Waals surface area contributed by atoms with Gasteiger partial charge in [0, 0.05) is 24.3 Å². The van der Waals surface area contributed by atoms with Crippen molar-refractivity contribution in [3.05, 3.63) is 29.8 Å². The molecule has 1 saturated heterocycles. The number of nitrogen functional groups attached to an aromatic ring is 1. The molecular weight excluding hydrogens is 230 g/mol. The standard InChI is InChI=1S/C13H19N3O2/c1-13(18)6-8-16(9-7-13)12(17)10-2-4-11(15-14)5-3-10/h2-5,15,18H,6-9,14H2,1H3. The van der Waals surface area contributed by atoms with Crippen LogP contribution in [0.25, 0.3) is 0 Å². The monoisotopic (exact) mass is 249 g/mol. The summed E-state index contributed by atoms with van der Waals surface area (Å²) in [6.07, 6.45) is 1.25. The van der Waals surface area contributed by atoms with Crippen LogP contribution in [0.2, 0.25) is 0 Å². The summed E-state index contributed by atoms with van der Waals surface area (Å²) in [4.78, 5) is 14.0. The molecule has 0 saturated carbocycles. The number of carbonyl (C=O) groups is 1. The van der Waals surface area contributed by atoms with Crippen LogP contribution >= 0.6 is 0 Å². The van der Waals surface area contributed by atoms with Crippen molar-refractivity contribution < 1.29 is 9.90 Å². The molecule has 0 radical (unpaired) electrons. The average Bonchev–Trinajstić information content (AvgIpc) is 2.38. The minimum Gasteiger partial charge on any atom is -0.390 e. The Labute approximate surface area is 107 Å². The Morgan fingerprint density at radius 3 is 2.39 bits per heavy atom. The number of benzene rings is 1. The molecule has 98 valence electrons. The molecule has 4 N–H and O–H groups in total. The van der Waals surface area contributed by atoms with Crippen LogP contribution in [0.4, 0.5) is 5.69 Å². The van der Waals surface area contributed by atoms with E-state index in [0.717, 1.165) is 5.69 Å². The lowest BCUT2D eigenvalue weighted by Gasteiger charge is -2.35. The second-order valence-electron chi connectivity index (χ2n) is 5.01. The molecule has 5 heteroatoms. The molecular formula is C13H19N3O2. The van der Waals surface area contributed by atoms with E-state index in [1.165, 1.54) is 0 Å². The van der Waals surface area contributed by atoms with Gasteiger partial charge < -0.3 is 15.4 Å². The maximum Gasteiger partial charge on any atom is 0.253 e. The summed E-state index contributed by atoms with van der Waals surface area (Å²) in [5.41, 5.74) is 3.31. The molecule has 1 fully saturated rings. The highest BCUT2D eigenvalue weighted by atomic mass is 16.3. The van der Waals surface area contributed by atoms with Crippen molar-refractivity contribution in [1.29, 1.82) is 0 Å². The fourth-order valence-electron chi connectivity index (χ4n) is 2.08. The third-order valence-corrected chi connectivity index (χ3v) is 3.43. The van der Waals surface area contributed by atoms with Crippen LogP contribution in [-0.4, -0.2) is 34.6 Å². The summed E-state index contributed by atoms with van der Waals surface area (Å²) in [6, 6.07) is 7.05. The maximum absolute atomic E-state index is 12.2. The van der Waals surface area contributed by atoms with Crippen LogP contribution in [0, 0.1) is 0 Å². The van der Waals surface area contributed by atoms with Crippen molar-refractivity contribution >= 4 is 11.6 Å². The summed E-state index contributed by atoms with van der Waals surface area (Å²) in [5, 5.41) is 9.85. The van der Waals surface area contributed by atoms with Crippen molar-refractivity contribution in [1.82, 2.24) is 4.90 Å². The molecule has 5 nitrogen and oxygen atoms in total. The third kappa shape index (κ3) is 2.80. The van der Waals surface area contributed by atoms with Gasteiger partial charge in [0.2, 0.25) is 0 Å². The minimum absolute atomic E-state index is 0.00840. The number of anilines is 1. The molecule has 0 atom stereocenters. The number of hydrogen-bond acceptors (Lipinski definition) is 4. The van der Waals surface area contributed by atoms with Gasteiger partial charge in [0.25, 0.3) is 5.91 Å². The lowest BCUT2D eigenvalue weighted by atomic mass is 9.93. The first-order valence-corrected chi connectivity index (χ1v) is 6.10. The Hall–Kier alpha value is -1.59. The van der Waals surface area contributed by atoms with E-state index in [-0.39, 0.29) is 5.91 Å². The minimum atomic E-state index is -0.635. The van der Waals surface area contributed by atoms with E-state index in [1.54, 1.807) is 29.2 Å². The number of rotatable bonds is 2. The molecule has 1 aliphatic rings. The van der Waals surface area contributed by atoms with Gasteiger partial charge in [-0.05, 0) is 44.0 Å². The van der Waals surface area contributed by atoms with Crippen LogP contribution in [0.15, 0.2) is 24.3 Å². The first-order chi connectivity index (χ1) is 8.52. The topological polar surface area (TPSA) is 78.6 Å². The molecule has 2 rings (SSSR count).